The molecule has 1 N–H and O–H groups in total. The highest BCUT2D eigenvalue weighted by Crippen LogP contribution is 2.30. The third-order valence-corrected chi connectivity index (χ3v) is 7.53. The molecule has 0 aromatic heterocycles. The SMILES string of the molecule is CN1[C@@H](CCC(=O)N2CCc3ccccc32)CNC(=O)[C@@H]2[C@H]1CCN2Cc1ccc(F)cc1. The monoisotopic (exact) mass is 450 g/mol. The van der Waals surface area contributed by atoms with Gasteiger partial charge in [-0.2, -0.15) is 0 Å². The molecule has 0 aliphatic carbocycles. The Labute approximate surface area is 194 Å². The number of para-hydroxylation sites is 1. The molecule has 2 saturated heterocycles. The summed E-state index contributed by atoms with van der Waals surface area (Å²) in [5.74, 6) is -0.0432. The van der Waals surface area contributed by atoms with E-state index in [0.29, 0.717) is 19.5 Å². The van der Waals surface area contributed by atoms with Gasteiger partial charge in [-0.15, -0.1) is 0 Å². The van der Waals surface area contributed by atoms with E-state index >= 15 is 0 Å². The van der Waals surface area contributed by atoms with Crippen molar-refractivity contribution < 1.29 is 14.0 Å². The average molecular weight is 451 g/mol. The number of anilines is 1. The van der Waals surface area contributed by atoms with Crippen LogP contribution in [0.2, 0.25) is 0 Å². The van der Waals surface area contributed by atoms with E-state index in [1.807, 2.05) is 23.1 Å². The molecule has 0 radical (unpaired) electrons. The van der Waals surface area contributed by atoms with Crippen molar-refractivity contribution >= 4 is 17.5 Å². The van der Waals surface area contributed by atoms with Gasteiger partial charge in [0.1, 0.15) is 11.9 Å². The second-order valence-corrected chi connectivity index (χ2v) is 9.43. The van der Waals surface area contributed by atoms with Crippen molar-refractivity contribution in [1.82, 2.24) is 15.1 Å². The summed E-state index contributed by atoms with van der Waals surface area (Å²) in [6, 6.07) is 14.6. The van der Waals surface area contributed by atoms with Crippen LogP contribution in [0.25, 0.3) is 0 Å². The minimum atomic E-state index is -0.250. The van der Waals surface area contributed by atoms with Crippen LogP contribution in [0.3, 0.4) is 0 Å². The Morgan fingerprint density at radius 2 is 1.91 bits per heavy atom. The molecule has 0 saturated carbocycles. The molecule has 0 unspecified atom stereocenters. The lowest BCUT2D eigenvalue weighted by atomic mass is 10.0. The van der Waals surface area contributed by atoms with Gasteiger partial charge >= 0.3 is 0 Å². The molecule has 3 atom stereocenters. The lowest BCUT2D eigenvalue weighted by molar-refractivity contribution is -0.126. The third-order valence-electron chi connectivity index (χ3n) is 7.53. The van der Waals surface area contributed by atoms with Gasteiger partial charge in [0, 0.05) is 50.4 Å². The molecule has 6 nitrogen and oxygen atoms in total. The number of nitrogens with zero attached hydrogens (tertiary/aromatic N) is 3. The molecule has 2 fully saturated rings. The van der Waals surface area contributed by atoms with E-state index in [1.165, 1.54) is 17.7 Å². The quantitative estimate of drug-likeness (QED) is 0.761. The summed E-state index contributed by atoms with van der Waals surface area (Å²) < 4.78 is 13.3. The lowest BCUT2D eigenvalue weighted by Gasteiger charge is -2.33. The number of carbonyl (C=O) groups excluding carboxylic acids is 2. The van der Waals surface area contributed by atoms with Crippen molar-refractivity contribution in [3.05, 3.63) is 65.5 Å². The number of likely N-dealkylation sites (tertiary alicyclic amines) is 1. The molecule has 0 bridgehead atoms. The number of amides is 2. The first kappa shape index (κ1) is 22.0. The number of rotatable bonds is 5. The standard InChI is InChI=1S/C26H31FN4O2/c1-29-21(10-11-24(32)31-15-12-19-4-2-3-5-22(19)31)16-28-26(33)25-23(29)13-14-30(25)17-18-6-8-20(27)9-7-18/h2-9,21,23,25H,10-17H2,1H3,(H,28,33)/t21-,23+,25-/m0/s1. The summed E-state index contributed by atoms with van der Waals surface area (Å²) in [7, 11) is 2.08. The zero-order valence-corrected chi connectivity index (χ0v) is 19.0. The van der Waals surface area contributed by atoms with E-state index in [-0.39, 0.29) is 35.8 Å². The van der Waals surface area contributed by atoms with E-state index in [2.05, 4.69) is 28.2 Å². The Balaban J connectivity index is 1.22. The molecule has 0 spiro atoms. The fourth-order valence-electron chi connectivity index (χ4n) is 5.67. The van der Waals surface area contributed by atoms with Crippen molar-refractivity contribution in [3.63, 3.8) is 0 Å². The summed E-state index contributed by atoms with van der Waals surface area (Å²) in [5.41, 5.74) is 3.28. The number of hydrogen-bond acceptors (Lipinski definition) is 4. The Kier molecular flexibility index (Phi) is 6.17. The van der Waals surface area contributed by atoms with Crippen molar-refractivity contribution in [2.75, 3.05) is 31.6 Å². The van der Waals surface area contributed by atoms with Crippen LogP contribution in [-0.2, 0) is 22.6 Å². The summed E-state index contributed by atoms with van der Waals surface area (Å²) in [6.45, 7) is 2.75. The number of fused-ring (bicyclic) bond motifs is 2. The predicted octanol–water partition coefficient (Wildman–Crippen LogP) is 2.57. The largest absolute Gasteiger partial charge is 0.353 e. The molecule has 3 heterocycles. The fourth-order valence-corrected chi connectivity index (χ4v) is 5.67. The van der Waals surface area contributed by atoms with Gasteiger partial charge in [-0.1, -0.05) is 30.3 Å². The van der Waals surface area contributed by atoms with E-state index in [4.69, 9.17) is 0 Å². The van der Waals surface area contributed by atoms with Gasteiger partial charge in [0.15, 0.2) is 0 Å². The van der Waals surface area contributed by atoms with Crippen LogP contribution < -0.4 is 10.2 Å². The molecule has 2 aromatic carbocycles. The second kappa shape index (κ2) is 9.23. The Bertz CT molecular complexity index is 1030. The first-order chi connectivity index (χ1) is 16.0. The highest BCUT2D eigenvalue weighted by atomic mass is 19.1. The van der Waals surface area contributed by atoms with Crippen LogP contribution >= 0.6 is 0 Å². The normalized spacial score (nSPS) is 25.5. The van der Waals surface area contributed by atoms with Crippen molar-refractivity contribution in [2.24, 2.45) is 0 Å². The maximum absolute atomic E-state index is 13.3. The van der Waals surface area contributed by atoms with Gasteiger partial charge in [0.25, 0.3) is 0 Å². The summed E-state index contributed by atoms with van der Waals surface area (Å²) >= 11 is 0. The zero-order valence-electron chi connectivity index (χ0n) is 19.0. The second-order valence-electron chi connectivity index (χ2n) is 9.43. The van der Waals surface area contributed by atoms with Gasteiger partial charge in [-0.05, 0) is 55.6 Å². The minimum Gasteiger partial charge on any atom is -0.353 e. The van der Waals surface area contributed by atoms with Crippen LogP contribution in [0.4, 0.5) is 10.1 Å². The molecule has 33 heavy (non-hydrogen) atoms. The van der Waals surface area contributed by atoms with Crippen molar-refractivity contribution in [3.8, 4) is 0 Å². The molecule has 3 aliphatic heterocycles. The molecular weight excluding hydrogens is 419 g/mol. The summed E-state index contributed by atoms with van der Waals surface area (Å²) in [5, 5.41) is 3.12. The summed E-state index contributed by atoms with van der Waals surface area (Å²) in [4.78, 5) is 32.4. The van der Waals surface area contributed by atoms with Crippen molar-refractivity contribution in [1.29, 1.82) is 0 Å². The van der Waals surface area contributed by atoms with Gasteiger partial charge in [-0.25, -0.2) is 4.39 Å². The number of benzene rings is 2. The maximum atomic E-state index is 13.3. The number of likely N-dealkylation sites (N-methyl/N-ethyl adjacent to an activating group) is 1. The van der Waals surface area contributed by atoms with Gasteiger partial charge in [-0.3, -0.25) is 19.4 Å². The smallest absolute Gasteiger partial charge is 0.239 e. The first-order valence-corrected chi connectivity index (χ1v) is 11.9. The molecule has 2 aromatic rings. The zero-order chi connectivity index (χ0) is 22.9. The molecule has 3 aliphatic rings. The molecule has 5 rings (SSSR count). The molecular formula is C26H31FN4O2. The van der Waals surface area contributed by atoms with E-state index < -0.39 is 0 Å². The van der Waals surface area contributed by atoms with E-state index in [0.717, 1.165) is 43.6 Å². The number of carbonyl (C=O) groups is 2. The Morgan fingerprint density at radius 1 is 1.12 bits per heavy atom. The van der Waals surface area contributed by atoms with Gasteiger partial charge < -0.3 is 10.2 Å². The van der Waals surface area contributed by atoms with Gasteiger partial charge in [0.2, 0.25) is 11.8 Å². The minimum absolute atomic E-state index is 0.0498. The number of nitrogens with one attached hydrogen (secondary N) is 1. The highest BCUT2D eigenvalue weighted by molar-refractivity contribution is 5.95. The van der Waals surface area contributed by atoms with E-state index in [1.54, 1.807) is 12.1 Å². The van der Waals surface area contributed by atoms with Crippen LogP contribution in [0.15, 0.2) is 48.5 Å². The van der Waals surface area contributed by atoms with Crippen molar-refractivity contribution in [2.45, 2.75) is 50.4 Å². The third kappa shape index (κ3) is 4.39. The molecule has 7 heteroatoms. The van der Waals surface area contributed by atoms with Crippen LogP contribution in [0.5, 0.6) is 0 Å². The molecule has 2 amide bonds. The summed E-state index contributed by atoms with van der Waals surface area (Å²) in [6.07, 6.45) is 3.00. The Hall–Kier alpha value is -2.77. The fraction of sp³-hybridized carbons (Fsp3) is 0.462. The van der Waals surface area contributed by atoms with Gasteiger partial charge in [0.05, 0.1) is 0 Å². The number of hydrogen-bond donors (Lipinski definition) is 1. The Morgan fingerprint density at radius 3 is 2.73 bits per heavy atom. The topological polar surface area (TPSA) is 55.9 Å². The average Bonchev–Trinajstić information content (AvgIpc) is 3.41. The maximum Gasteiger partial charge on any atom is 0.239 e. The first-order valence-electron chi connectivity index (χ1n) is 11.9. The predicted molar refractivity (Wildman–Crippen MR) is 125 cm³/mol. The highest BCUT2D eigenvalue weighted by Gasteiger charge is 2.45. The molecule has 174 valence electrons. The number of halogens is 1. The van der Waals surface area contributed by atoms with Crippen LogP contribution in [0, 0.1) is 5.82 Å². The van der Waals surface area contributed by atoms with Crippen LogP contribution in [0.1, 0.15) is 30.4 Å². The van der Waals surface area contributed by atoms with Crippen LogP contribution in [-0.4, -0.2) is 66.4 Å². The van der Waals surface area contributed by atoms with E-state index in [9.17, 15) is 14.0 Å². The lowest BCUT2D eigenvalue weighted by Crippen LogP contribution is -2.49.